The van der Waals surface area contributed by atoms with E-state index in [1.165, 1.54) is 6.07 Å². The highest BCUT2D eigenvalue weighted by atomic mass is 16.5. The van der Waals surface area contributed by atoms with Crippen molar-refractivity contribution in [3.63, 3.8) is 0 Å². The molecule has 0 bridgehead atoms. The Hall–Kier alpha value is -4.56. The minimum Gasteiger partial charge on any atom is -0.507 e. The Labute approximate surface area is 214 Å². The molecule has 4 rings (SSSR count). The average Bonchev–Trinajstić information content (AvgIpc) is 2.90. The highest BCUT2D eigenvalue weighted by Gasteiger charge is 2.17. The minimum atomic E-state index is -1.04. The first-order valence-corrected chi connectivity index (χ1v) is 11.7. The number of hydrogen-bond donors (Lipinski definition) is 2. The fourth-order valence-electron chi connectivity index (χ4n) is 3.65. The lowest BCUT2D eigenvalue weighted by Crippen LogP contribution is -2.24. The van der Waals surface area contributed by atoms with Crippen LogP contribution in [0.25, 0.3) is 34.2 Å². The van der Waals surface area contributed by atoms with Gasteiger partial charge in [0.2, 0.25) is 0 Å². The SMILES string of the molecule is C=CC(=O)OCC(O)COc1ccc(-c2nc(-c3ccccc3C)nc(-c3ccccc3C)n2)c(O)c1. The molecule has 0 fully saturated rings. The lowest BCUT2D eigenvalue weighted by molar-refractivity contribution is -0.141. The van der Waals surface area contributed by atoms with Gasteiger partial charge in [0.05, 0.1) is 5.56 Å². The molecule has 0 radical (unpaired) electrons. The Balaban J connectivity index is 1.66. The van der Waals surface area contributed by atoms with Crippen LogP contribution in [0.3, 0.4) is 0 Å². The van der Waals surface area contributed by atoms with E-state index in [0.717, 1.165) is 28.3 Å². The number of ether oxygens (including phenoxy) is 2. The Morgan fingerprint density at radius 2 is 1.41 bits per heavy atom. The van der Waals surface area contributed by atoms with Gasteiger partial charge in [-0.3, -0.25) is 0 Å². The number of aryl methyl sites for hydroxylation is 2. The van der Waals surface area contributed by atoms with Crippen LogP contribution in [0.5, 0.6) is 11.5 Å². The largest absolute Gasteiger partial charge is 0.507 e. The lowest BCUT2D eigenvalue weighted by atomic mass is 10.1. The van der Waals surface area contributed by atoms with Crippen LogP contribution in [0.15, 0.2) is 79.4 Å². The maximum atomic E-state index is 11.1. The molecular formula is C29H27N3O5. The van der Waals surface area contributed by atoms with Crippen molar-refractivity contribution in [2.45, 2.75) is 20.0 Å². The van der Waals surface area contributed by atoms with E-state index in [1.807, 2.05) is 62.4 Å². The molecule has 0 saturated heterocycles. The number of aliphatic hydroxyl groups excluding tert-OH is 1. The maximum Gasteiger partial charge on any atom is 0.330 e. The summed E-state index contributed by atoms with van der Waals surface area (Å²) in [6, 6.07) is 20.3. The molecule has 4 aromatic rings. The van der Waals surface area contributed by atoms with E-state index in [-0.39, 0.29) is 19.0 Å². The van der Waals surface area contributed by atoms with E-state index in [0.29, 0.717) is 28.8 Å². The Morgan fingerprint density at radius 3 is 1.92 bits per heavy atom. The summed E-state index contributed by atoms with van der Waals surface area (Å²) in [7, 11) is 0. The minimum absolute atomic E-state index is 0.0947. The normalized spacial score (nSPS) is 11.5. The fraction of sp³-hybridized carbons (Fsp3) is 0.172. The molecular weight excluding hydrogens is 470 g/mol. The van der Waals surface area contributed by atoms with Crippen molar-refractivity contribution in [1.82, 2.24) is 15.0 Å². The van der Waals surface area contributed by atoms with Crippen molar-refractivity contribution in [2.75, 3.05) is 13.2 Å². The Kier molecular flexibility index (Phi) is 7.90. The van der Waals surface area contributed by atoms with Gasteiger partial charge in [-0.05, 0) is 37.1 Å². The molecule has 1 aromatic heterocycles. The first-order valence-electron chi connectivity index (χ1n) is 11.7. The van der Waals surface area contributed by atoms with Gasteiger partial charge >= 0.3 is 5.97 Å². The topological polar surface area (TPSA) is 115 Å². The first-order chi connectivity index (χ1) is 17.9. The number of aliphatic hydroxyl groups is 1. The highest BCUT2D eigenvalue weighted by Crippen LogP contribution is 2.33. The monoisotopic (exact) mass is 497 g/mol. The van der Waals surface area contributed by atoms with E-state index >= 15 is 0 Å². The van der Waals surface area contributed by atoms with Gasteiger partial charge in [-0.2, -0.15) is 0 Å². The number of esters is 1. The molecule has 8 heteroatoms. The van der Waals surface area contributed by atoms with Gasteiger partial charge in [-0.15, -0.1) is 0 Å². The van der Waals surface area contributed by atoms with Crippen LogP contribution in [-0.2, 0) is 9.53 Å². The second-order valence-electron chi connectivity index (χ2n) is 8.41. The summed E-state index contributed by atoms with van der Waals surface area (Å²) < 4.78 is 10.3. The number of phenols is 1. The van der Waals surface area contributed by atoms with Crippen LogP contribution in [-0.4, -0.2) is 50.5 Å². The summed E-state index contributed by atoms with van der Waals surface area (Å²) in [6.07, 6.45) is -0.0248. The fourth-order valence-corrected chi connectivity index (χ4v) is 3.65. The summed E-state index contributed by atoms with van der Waals surface area (Å²) in [5, 5.41) is 20.8. The van der Waals surface area contributed by atoms with E-state index in [2.05, 4.69) is 16.5 Å². The predicted octanol–water partition coefficient (Wildman–Crippen LogP) is 4.66. The van der Waals surface area contributed by atoms with Crippen LogP contribution >= 0.6 is 0 Å². The van der Waals surface area contributed by atoms with Crippen molar-refractivity contribution in [1.29, 1.82) is 0 Å². The molecule has 0 saturated carbocycles. The van der Waals surface area contributed by atoms with E-state index in [1.54, 1.807) is 12.1 Å². The quantitative estimate of drug-likeness (QED) is 0.253. The smallest absolute Gasteiger partial charge is 0.330 e. The van der Waals surface area contributed by atoms with Crippen LogP contribution < -0.4 is 4.74 Å². The molecule has 3 aromatic carbocycles. The molecule has 0 aliphatic carbocycles. The zero-order chi connectivity index (χ0) is 26.4. The van der Waals surface area contributed by atoms with Crippen LogP contribution in [0, 0.1) is 13.8 Å². The van der Waals surface area contributed by atoms with Crippen molar-refractivity contribution in [3.8, 4) is 45.7 Å². The second-order valence-corrected chi connectivity index (χ2v) is 8.41. The molecule has 0 aliphatic rings. The molecule has 37 heavy (non-hydrogen) atoms. The van der Waals surface area contributed by atoms with Gasteiger partial charge in [0.25, 0.3) is 0 Å². The van der Waals surface area contributed by atoms with Crippen LogP contribution in [0.1, 0.15) is 11.1 Å². The zero-order valence-electron chi connectivity index (χ0n) is 20.6. The molecule has 1 atom stereocenters. The van der Waals surface area contributed by atoms with Gasteiger partial charge in [0.15, 0.2) is 17.5 Å². The molecule has 0 aliphatic heterocycles. The third kappa shape index (κ3) is 6.17. The van der Waals surface area contributed by atoms with Crippen LogP contribution in [0.2, 0.25) is 0 Å². The van der Waals surface area contributed by atoms with Crippen molar-refractivity contribution < 1.29 is 24.5 Å². The number of benzene rings is 3. The summed E-state index contributed by atoms with van der Waals surface area (Å²) in [6.45, 7) is 6.91. The summed E-state index contributed by atoms with van der Waals surface area (Å²) in [5.74, 6) is 0.905. The summed E-state index contributed by atoms with van der Waals surface area (Å²) in [4.78, 5) is 25.3. The molecule has 1 heterocycles. The Bertz CT molecular complexity index is 1370. The van der Waals surface area contributed by atoms with Gasteiger partial charge in [-0.25, -0.2) is 19.7 Å². The van der Waals surface area contributed by atoms with Gasteiger partial charge < -0.3 is 19.7 Å². The van der Waals surface area contributed by atoms with Crippen molar-refractivity contribution in [2.24, 2.45) is 0 Å². The number of carbonyl (C=O) groups excluding carboxylic acids is 1. The molecule has 0 spiro atoms. The number of rotatable bonds is 9. The number of hydrogen-bond acceptors (Lipinski definition) is 8. The molecule has 8 nitrogen and oxygen atoms in total. The molecule has 0 amide bonds. The number of aromatic hydroxyl groups is 1. The van der Waals surface area contributed by atoms with Crippen LogP contribution in [0.4, 0.5) is 0 Å². The van der Waals surface area contributed by atoms with Gasteiger partial charge in [-0.1, -0.05) is 55.1 Å². The third-order valence-electron chi connectivity index (χ3n) is 5.64. The first kappa shape index (κ1) is 25.5. The average molecular weight is 498 g/mol. The van der Waals surface area contributed by atoms with E-state index in [9.17, 15) is 15.0 Å². The Morgan fingerprint density at radius 1 is 0.865 bits per heavy atom. The van der Waals surface area contributed by atoms with Gasteiger partial charge in [0.1, 0.15) is 30.8 Å². The predicted molar refractivity (Wildman–Crippen MR) is 140 cm³/mol. The second kappa shape index (κ2) is 11.5. The number of nitrogens with zero attached hydrogens (tertiary/aromatic N) is 3. The molecule has 1 unspecified atom stereocenters. The lowest BCUT2D eigenvalue weighted by Gasteiger charge is -2.14. The third-order valence-corrected chi connectivity index (χ3v) is 5.64. The van der Waals surface area contributed by atoms with Crippen molar-refractivity contribution >= 4 is 5.97 Å². The maximum absolute atomic E-state index is 11.1. The molecule has 188 valence electrons. The number of phenolic OH excluding ortho intramolecular Hbond substituents is 1. The zero-order valence-corrected chi connectivity index (χ0v) is 20.6. The number of aromatic nitrogens is 3. The van der Waals surface area contributed by atoms with E-state index in [4.69, 9.17) is 14.5 Å². The number of carbonyl (C=O) groups is 1. The molecule has 2 N–H and O–H groups in total. The van der Waals surface area contributed by atoms with Crippen molar-refractivity contribution in [3.05, 3.63) is 90.5 Å². The van der Waals surface area contributed by atoms with E-state index < -0.39 is 12.1 Å². The standard InChI is InChI=1S/C29H27N3O5/c1-4-26(35)37-17-20(33)16-36-21-13-14-24(25(34)15-21)29-31-27(22-11-7-5-9-18(22)2)30-28(32-29)23-12-8-6-10-19(23)3/h4-15,20,33-34H,1,16-17H2,2-3H3. The summed E-state index contributed by atoms with van der Waals surface area (Å²) in [5.41, 5.74) is 4.17. The summed E-state index contributed by atoms with van der Waals surface area (Å²) >= 11 is 0. The van der Waals surface area contributed by atoms with Gasteiger partial charge in [0, 0.05) is 23.3 Å². The highest BCUT2D eigenvalue weighted by molar-refractivity contribution is 5.81.